The van der Waals surface area contributed by atoms with Gasteiger partial charge in [0.25, 0.3) is 16.1 Å². The number of amides is 1. The van der Waals surface area contributed by atoms with Crippen molar-refractivity contribution in [3.05, 3.63) is 65.7 Å². The smallest absolute Gasteiger partial charge is 0.277 e. The Kier molecular flexibility index (Phi) is 8.51. The lowest BCUT2D eigenvalue weighted by atomic mass is 9.68. The molecule has 2 aromatic carbocycles. The zero-order valence-electron chi connectivity index (χ0n) is 19.6. The minimum absolute atomic E-state index is 0.128. The first-order chi connectivity index (χ1) is 15.7. The summed E-state index contributed by atoms with van der Waals surface area (Å²) in [5.74, 6) is 0.602. The van der Waals surface area contributed by atoms with Crippen LogP contribution in [-0.4, -0.2) is 40.6 Å². The van der Waals surface area contributed by atoms with Crippen LogP contribution in [0.15, 0.2) is 54.6 Å². The molecule has 0 spiro atoms. The summed E-state index contributed by atoms with van der Waals surface area (Å²) < 4.78 is 35.5. The van der Waals surface area contributed by atoms with Crippen LogP contribution in [0.5, 0.6) is 5.75 Å². The molecule has 180 valence electrons. The van der Waals surface area contributed by atoms with Gasteiger partial charge < -0.3 is 10.1 Å². The Labute approximate surface area is 197 Å². The summed E-state index contributed by atoms with van der Waals surface area (Å²) in [7, 11) is -1.98. The van der Waals surface area contributed by atoms with Crippen molar-refractivity contribution in [3.63, 3.8) is 0 Å². The summed E-state index contributed by atoms with van der Waals surface area (Å²) in [6.45, 7) is 4.82. The van der Waals surface area contributed by atoms with Crippen LogP contribution in [0.4, 0.5) is 0 Å². The van der Waals surface area contributed by atoms with Gasteiger partial charge in [-0.1, -0.05) is 56.3 Å². The number of hydrogen-bond acceptors (Lipinski definition) is 4. The maximum absolute atomic E-state index is 12.9. The largest absolute Gasteiger partial charge is 0.496 e. The second kappa shape index (κ2) is 11.1. The molecule has 0 atom stereocenters. The van der Waals surface area contributed by atoms with Gasteiger partial charge in [0, 0.05) is 24.5 Å². The summed E-state index contributed by atoms with van der Waals surface area (Å²) in [5, 5.41) is 3.11. The van der Waals surface area contributed by atoms with Crippen molar-refractivity contribution in [1.82, 2.24) is 14.8 Å². The van der Waals surface area contributed by atoms with Crippen LogP contribution in [0.2, 0.25) is 0 Å². The van der Waals surface area contributed by atoms with Crippen LogP contribution in [0.1, 0.15) is 55.5 Å². The number of benzene rings is 2. The third-order valence-corrected chi connectivity index (χ3v) is 7.46. The van der Waals surface area contributed by atoms with Crippen molar-refractivity contribution in [2.45, 2.75) is 51.0 Å². The Morgan fingerprint density at radius 2 is 1.70 bits per heavy atom. The summed E-state index contributed by atoms with van der Waals surface area (Å²) in [6, 6.07) is 17.2. The van der Waals surface area contributed by atoms with E-state index in [4.69, 9.17) is 4.74 Å². The fourth-order valence-corrected chi connectivity index (χ4v) is 5.67. The highest BCUT2D eigenvalue weighted by molar-refractivity contribution is 7.87. The maximum Gasteiger partial charge on any atom is 0.277 e. The molecule has 0 radical (unpaired) electrons. The van der Waals surface area contributed by atoms with E-state index in [1.165, 1.54) is 0 Å². The minimum Gasteiger partial charge on any atom is -0.496 e. The van der Waals surface area contributed by atoms with Crippen molar-refractivity contribution in [2.75, 3.05) is 20.2 Å². The van der Waals surface area contributed by atoms with E-state index in [1.54, 1.807) is 19.2 Å². The highest BCUT2D eigenvalue weighted by Gasteiger charge is 2.38. The van der Waals surface area contributed by atoms with E-state index in [2.05, 4.69) is 26.9 Å². The maximum atomic E-state index is 12.9. The molecule has 1 amide bonds. The second-order valence-electron chi connectivity index (χ2n) is 9.17. The van der Waals surface area contributed by atoms with Gasteiger partial charge in [0.1, 0.15) is 5.75 Å². The zero-order chi connectivity index (χ0) is 23.9. The van der Waals surface area contributed by atoms with Crippen molar-refractivity contribution < 1.29 is 17.9 Å². The topological polar surface area (TPSA) is 96.5 Å². The predicted molar refractivity (Wildman–Crippen MR) is 131 cm³/mol. The average molecular weight is 474 g/mol. The Morgan fingerprint density at radius 3 is 2.33 bits per heavy atom. The van der Waals surface area contributed by atoms with Crippen molar-refractivity contribution in [3.8, 4) is 5.75 Å². The van der Waals surface area contributed by atoms with Gasteiger partial charge in [-0.15, -0.1) is 0 Å². The summed E-state index contributed by atoms with van der Waals surface area (Å²) in [4.78, 5) is 12.9. The summed E-state index contributed by atoms with van der Waals surface area (Å²) in [5.41, 5.74) is 1.40. The molecule has 0 saturated heterocycles. The van der Waals surface area contributed by atoms with Gasteiger partial charge >= 0.3 is 0 Å². The first kappa shape index (κ1) is 25.2. The van der Waals surface area contributed by atoms with Gasteiger partial charge in [0.05, 0.1) is 12.7 Å². The molecule has 3 N–H and O–H groups in total. The molecular formula is C25H35N3O4S. The number of carbonyl (C=O) groups is 1. The SMILES string of the molecule is COc1ccccc1C(=O)NC[C@]1(c2ccccc2)CC[C@H](NS(=O)(=O)NCC(C)C)CC1. The lowest BCUT2D eigenvalue weighted by Gasteiger charge is -2.41. The van der Waals surface area contributed by atoms with Gasteiger partial charge in [-0.3, -0.25) is 4.79 Å². The number of nitrogens with one attached hydrogen (secondary N) is 3. The number of ether oxygens (including phenoxy) is 1. The fraction of sp³-hybridized carbons (Fsp3) is 0.480. The van der Waals surface area contributed by atoms with E-state index in [0.717, 1.165) is 18.4 Å². The van der Waals surface area contributed by atoms with Gasteiger partial charge in [-0.25, -0.2) is 4.72 Å². The van der Waals surface area contributed by atoms with Crippen molar-refractivity contribution in [1.29, 1.82) is 0 Å². The van der Waals surface area contributed by atoms with Gasteiger partial charge in [-0.2, -0.15) is 13.1 Å². The summed E-state index contributed by atoms with van der Waals surface area (Å²) >= 11 is 0. The molecule has 0 aliphatic heterocycles. The zero-order valence-corrected chi connectivity index (χ0v) is 20.5. The lowest BCUT2D eigenvalue weighted by Crippen LogP contribution is -2.49. The average Bonchev–Trinajstić information content (AvgIpc) is 2.83. The molecule has 1 saturated carbocycles. The lowest BCUT2D eigenvalue weighted by molar-refractivity contribution is 0.0932. The molecule has 3 rings (SSSR count). The molecule has 0 heterocycles. The minimum atomic E-state index is -3.53. The standard InChI is InChI=1S/C25H35N3O4S/c1-19(2)17-27-33(30,31)28-21-13-15-25(16-14-21,20-9-5-4-6-10-20)18-26-24(29)22-11-7-8-12-23(22)32-3/h4-12,19,21,27-28H,13-18H2,1-3H3,(H,26,29)/t21-,25-. The number of hydrogen-bond donors (Lipinski definition) is 3. The molecule has 8 heteroatoms. The van der Waals surface area contributed by atoms with Crippen LogP contribution in [-0.2, 0) is 15.6 Å². The van der Waals surface area contributed by atoms with Crippen molar-refractivity contribution >= 4 is 16.1 Å². The molecule has 1 fully saturated rings. The third-order valence-electron chi connectivity index (χ3n) is 6.27. The van der Waals surface area contributed by atoms with E-state index in [0.29, 0.717) is 37.2 Å². The first-order valence-corrected chi connectivity index (χ1v) is 13.0. The van der Waals surface area contributed by atoms with Gasteiger partial charge in [0.2, 0.25) is 0 Å². The van der Waals surface area contributed by atoms with Crippen LogP contribution in [0.25, 0.3) is 0 Å². The highest BCUT2D eigenvalue weighted by Crippen LogP contribution is 2.39. The quantitative estimate of drug-likeness (QED) is 0.493. The number of rotatable bonds is 10. The predicted octanol–water partition coefficient (Wildman–Crippen LogP) is 3.39. The van der Waals surface area contributed by atoms with E-state index < -0.39 is 10.2 Å². The number of para-hydroxylation sites is 1. The molecule has 1 aliphatic carbocycles. The van der Waals surface area contributed by atoms with Crippen LogP contribution in [0, 0.1) is 5.92 Å². The summed E-state index contributed by atoms with van der Waals surface area (Å²) in [6.07, 6.45) is 2.92. The highest BCUT2D eigenvalue weighted by atomic mass is 32.2. The van der Waals surface area contributed by atoms with E-state index in [-0.39, 0.29) is 23.3 Å². The number of carbonyl (C=O) groups excluding carboxylic acids is 1. The molecule has 0 bridgehead atoms. The second-order valence-corrected chi connectivity index (χ2v) is 10.7. The van der Waals surface area contributed by atoms with E-state index >= 15 is 0 Å². The van der Waals surface area contributed by atoms with Crippen LogP contribution < -0.4 is 19.5 Å². The Bertz CT molecular complexity index is 1020. The monoisotopic (exact) mass is 473 g/mol. The third kappa shape index (κ3) is 6.79. The van der Waals surface area contributed by atoms with Crippen molar-refractivity contribution in [2.24, 2.45) is 5.92 Å². The van der Waals surface area contributed by atoms with Gasteiger partial charge in [0.15, 0.2) is 0 Å². The van der Waals surface area contributed by atoms with E-state index in [9.17, 15) is 13.2 Å². The molecule has 0 aromatic heterocycles. The number of methoxy groups -OCH3 is 1. The van der Waals surface area contributed by atoms with Crippen LogP contribution in [0.3, 0.4) is 0 Å². The molecule has 0 unspecified atom stereocenters. The fourth-order valence-electron chi connectivity index (χ4n) is 4.36. The molecular weight excluding hydrogens is 438 g/mol. The van der Waals surface area contributed by atoms with E-state index in [1.807, 2.05) is 44.2 Å². The first-order valence-electron chi connectivity index (χ1n) is 11.5. The Morgan fingerprint density at radius 1 is 1.06 bits per heavy atom. The molecule has 2 aromatic rings. The van der Waals surface area contributed by atoms with Crippen LogP contribution >= 0.6 is 0 Å². The molecule has 33 heavy (non-hydrogen) atoms. The normalized spacial score (nSPS) is 21.0. The molecule has 1 aliphatic rings. The Balaban J connectivity index is 1.70. The van der Waals surface area contributed by atoms with Gasteiger partial charge in [-0.05, 0) is 49.3 Å². The Hall–Kier alpha value is -2.42. The molecule has 7 nitrogen and oxygen atoms in total.